The van der Waals surface area contributed by atoms with E-state index < -0.39 is 29.6 Å². The molecule has 52 heavy (non-hydrogen) atoms. The maximum Gasteiger partial charge on any atom is 0.329 e. The maximum absolute atomic E-state index is 12.7. The summed E-state index contributed by atoms with van der Waals surface area (Å²) in [5, 5.41) is 32.5. The lowest BCUT2D eigenvalue weighted by Crippen LogP contribution is -2.29. The summed E-state index contributed by atoms with van der Waals surface area (Å²) in [4.78, 5) is 57.7. The van der Waals surface area contributed by atoms with Crippen molar-refractivity contribution in [3.8, 4) is 33.9 Å². The number of hydrogen-bond donors (Lipinski definition) is 1. The summed E-state index contributed by atoms with van der Waals surface area (Å²) < 4.78 is 10.6. The lowest BCUT2D eigenvalue weighted by molar-refractivity contribution is -0.147. The van der Waals surface area contributed by atoms with Crippen LogP contribution in [-0.2, 0) is 27.2 Å². The molecule has 0 saturated carbocycles. The van der Waals surface area contributed by atoms with E-state index in [1.54, 1.807) is 43.3 Å². The van der Waals surface area contributed by atoms with Crippen LogP contribution in [0.2, 0.25) is 10.0 Å². The first kappa shape index (κ1) is 34.3. The zero-order valence-electron chi connectivity index (χ0n) is 27.1. The van der Waals surface area contributed by atoms with Gasteiger partial charge in [0.2, 0.25) is 0 Å². The Labute approximate surface area is 302 Å². The number of carbonyl (C=O) groups is 2. The van der Waals surface area contributed by atoms with E-state index in [9.17, 15) is 24.3 Å². The molecule has 6 heterocycles. The number of ether oxygens (including phenoxy) is 1. The Bertz CT molecular complexity index is 2430. The number of benzene rings is 2. The van der Waals surface area contributed by atoms with Crippen molar-refractivity contribution in [2.45, 2.75) is 44.7 Å². The second-order valence-electron chi connectivity index (χ2n) is 11.6. The third-order valence-corrected chi connectivity index (χ3v) is 8.93. The molecule has 0 aliphatic carbocycles. The average molecular weight is 746 g/mol. The highest BCUT2D eigenvalue weighted by Crippen LogP contribution is 2.32. The molecule has 0 bridgehead atoms. The Kier molecular flexibility index (Phi) is 9.39. The van der Waals surface area contributed by atoms with Gasteiger partial charge in [-0.15, -0.1) is 10.2 Å². The van der Waals surface area contributed by atoms with Crippen molar-refractivity contribution >= 4 is 35.1 Å². The summed E-state index contributed by atoms with van der Waals surface area (Å²) in [6.45, 7) is 2.00. The second kappa shape index (κ2) is 14.2. The molecule has 264 valence electrons. The fraction of sp³-hybridized carbons (Fsp3) is 0.250. The molecule has 8 rings (SSSR count). The molecular formula is C32H26Cl2N12O6. The lowest BCUT2D eigenvalue weighted by atomic mass is 10.1. The van der Waals surface area contributed by atoms with E-state index in [2.05, 4.69) is 41.0 Å². The Morgan fingerprint density at radius 2 is 1.25 bits per heavy atom. The lowest BCUT2D eigenvalue weighted by Gasteiger charge is -2.14. The minimum atomic E-state index is -1.03. The molecule has 0 radical (unpaired) electrons. The van der Waals surface area contributed by atoms with Gasteiger partial charge in [0.05, 0.1) is 29.4 Å². The van der Waals surface area contributed by atoms with Gasteiger partial charge in [0, 0.05) is 46.1 Å². The van der Waals surface area contributed by atoms with E-state index in [1.165, 1.54) is 43.3 Å². The van der Waals surface area contributed by atoms with E-state index in [1.807, 2.05) is 0 Å². The van der Waals surface area contributed by atoms with Crippen LogP contribution in [0, 0.1) is 0 Å². The summed E-state index contributed by atoms with van der Waals surface area (Å²) in [5.74, 6) is -0.465. The molecular weight excluding hydrogens is 719 g/mol. The first-order valence-electron chi connectivity index (χ1n) is 15.8. The van der Waals surface area contributed by atoms with E-state index in [0.717, 1.165) is 0 Å². The summed E-state index contributed by atoms with van der Waals surface area (Å²) in [6.07, 6.45) is 4.63. The molecule has 0 saturated heterocycles. The normalized spacial score (nSPS) is 15.8. The number of tetrazole rings is 2. The number of nitrogens with zero attached hydrogens (tertiary/aromatic N) is 12. The van der Waals surface area contributed by atoms with E-state index >= 15 is 0 Å². The average Bonchev–Trinajstić information content (AvgIpc) is 3.96. The van der Waals surface area contributed by atoms with Crippen LogP contribution in [0.4, 0.5) is 0 Å². The second-order valence-corrected chi connectivity index (χ2v) is 12.4. The number of aromatic nitrogens is 12. The monoisotopic (exact) mass is 744 g/mol. The van der Waals surface area contributed by atoms with E-state index in [4.69, 9.17) is 27.9 Å². The summed E-state index contributed by atoms with van der Waals surface area (Å²) in [5.41, 5.74) is 2.58. The zero-order chi connectivity index (χ0) is 36.5. The van der Waals surface area contributed by atoms with Crippen LogP contribution < -0.4 is 11.1 Å². The molecule has 2 atom stereocenters. The third-order valence-electron chi connectivity index (χ3n) is 8.46. The van der Waals surface area contributed by atoms with Gasteiger partial charge in [-0.05, 0) is 77.0 Å². The molecule has 6 aromatic rings. The standard InChI is InChI=1S/C17H15ClN6O3.C15H11ClN6O3/c1-2-27-17(26)14-5-6-15-20-12(8-16(25)24(14)15)11-7-10(18)3-4-13(11)23-9-19-21-22-23;16-8-1-2-11(21-7-17-19-20-21)9(5-8)10-6-14(23)22-12(15(24)25)3-4-13(22)18-10/h3-4,7-9,14H,2,5-6H2,1H3;1-2,5-7,12H,3-4H2,(H,24,25). The number of rotatable bonds is 7. The molecule has 2 aliphatic heterocycles. The number of halogens is 2. The van der Waals surface area contributed by atoms with Crippen molar-refractivity contribution in [2.24, 2.45) is 0 Å². The number of hydrogen-bond acceptors (Lipinski definition) is 13. The first-order chi connectivity index (χ1) is 25.1. The highest BCUT2D eigenvalue weighted by molar-refractivity contribution is 6.31. The van der Waals surface area contributed by atoms with Crippen LogP contribution in [0.15, 0.2) is 70.8 Å². The van der Waals surface area contributed by atoms with Crippen molar-refractivity contribution in [2.75, 3.05) is 6.61 Å². The minimum Gasteiger partial charge on any atom is -0.480 e. The van der Waals surface area contributed by atoms with Crippen molar-refractivity contribution in [1.82, 2.24) is 59.5 Å². The molecule has 20 heteroatoms. The van der Waals surface area contributed by atoms with Crippen LogP contribution in [-0.4, -0.2) is 83.2 Å². The van der Waals surface area contributed by atoms with Gasteiger partial charge in [-0.2, -0.15) is 9.36 Å². The molecule has 2 aliphatic rings. The van der Waals surface area contributed by atoms with Gasteiger partial charge in [0.1, 0.15) is 36.4 Å². The number of fused-ring (bicyclic) bond motifs is 2. The van der Waals surface area contributed by atoms with Crippen LogP contribution in [0.25, 0.3) is 33.9 Å². The number of carboxylic acid groups (broad SMARTS) is 1. The van der Waals surface area contributed by atoms with Crippen LogP contribution in [0.5, 0.6) is 0 Å². The number of esters is 1. The SMILES string of the molecule is CCOC(=O)C1CCc2nc(-c3cc(Cl)ccc3-n3cnnn3)cc(=O)n21.O=C(O)C1CCc2nc(-c3cc(Cl)ccc3-n3cnnn3)cc(=O)n21. The molecule has 2 unspecified atom stereocenters. The van der Waals surface area contributed by atoms with E-state index in [0.29, 0.717) is 81.3 Å². The van der Waals surface area contributed by atoms with Gasteiger partial charge in [-0.25, -0.2) is 19.6 Å². The third kappa shape index (κ3) is 6.56. The van der Waals surface area contributed by atoms with E-state index in [-0.39, 0.29) is 12.2 Å². The summed E-state index contributed by atoms with van der Waals surface area (Å²) in [7, 11) is 0. The van der Waals surface area contributed by atoms with Crippen LogP contribution >= 0.6 is 23.2 Å². The predicted octanol–water partition coefficient (Wildman–Crippen LogP) is 2.70. The molecule has 4 aromatic heterocycles. The topological polar surface area (TPSA) is 221 Å². The molecule has 1 N–H and O–H groups in total. The van der Waals surface area contributed by atoms with Gasteiger partial charge in [0.15, 0.2) is 0 Å². The van der Waals surface area contributed by atoms with Gasteiger partial charge in [0.25, 0.3) is 11.1 Å². The largest absolute Gasteiger partial charge is 0.480 e. The first-order valence-corrected chi connectivity index (χ1v) is 16.6. The summed E-state index contributed by atoms with van der Waals surface area (Å²) in [6, 6.07) is 11.4. The molecule has 18 nitrogen and oxygen atoms in total. The number of aliphatic carboxylic acids is 1. The number of carbonyl (C=O) groups excluding carboxylic acids is 1. The molecule has 2 aromatic carbocycles. The smallest absolute Gasteiger partial charge is 0.329 e. The Morgan fingerprint density at radius 3 is 1.69 bits per heavy atom. The summed E-state index contributed by atoms with van der Waals surface area (Å²) >= 11 is 12.3. The fourth-order valence-electron chi connectivity index (χ4n) is 6.23. The minimum absolute atomic E-state index is 0.267. The molecule has 0 spiro atoms. The highest BCUT2D eigenvalue weighted by atomic mass is 35.5. The Hall–Kier alpha value is -6.14. The number of aryl methyl sites for hydroxylation is 2. The Balaban J connectivity index is 0.000000162. The van der Waals surface area contributed by atoms with Gasteiger partial charge in [-0.1, -0.05) is 23.2 Å². The van der Waals surface area contributed by atoms with Gasteiger partial charge >= 0.3 is 11.9 Å². The molecule has 0 amide bonds. The van der Waals surface area contributed by atoms with Crippen LogP contribution in [0.3, 0.4) is 0 Å². The quantitative estimate of drug-likeness (QED) is 0.232. The van der Waals surface area contributed by atoms with Crippen molar-refractivity contribution in [3.05, 3.63) is 104 Å². The predicted molar refractivity (Wildman–Crippen MR) is 182 cm³/mol. The fourth-order valence-corrected chi connectivity index (χ4v) is 6.57. The number of carboxylic acids is 1. The van der Waals surface area contributed by atoms with Crippen molar-refractivity contribution in [3.63, 3.8) is 0 Å². The molecule has 0 fully saturated rings. The van der Waals surface area contributed by atoms with Crippen molar-refractivity contribution in [1.29, 1.82) is 0 Å². The van der Waals surface area contributed by atoms with Crippen LogP contribution in [0.1, 0.15) is 43.5 Å². The highest BCUT2D eigenvalue weighted by Gasteiger charge is 2.33. The zero-order valence-corrected chi connectivity index (χ0v) is 28.6. The van der Waals surface area contributed by atoms with Gasteiger partial charge < -0.3 is 9.84 Å². The van der Waals surface area contributed by atoms with Crippen molar-refractivity contribution < 1.29 is 19.4 Å². The maximum atomic E-state index is 12.7. The Morgan fingerprint density at radius 1 is 0.769 bits per heavy atom. The van der Waals surface area contributed by atoms with Gasteiger partial charge in [-0.3, -0.25) is 18.7 Å².